The van der Waals surface area contributed by atoms with Crippen LogP contribution in [0.5, 0.6) is 11.5 Å². The lowest BCUT2D eigenvalue weighted by Crippen LogP contribution is -2.54. The number of nitro groups is 1. The van der Waals surface area contributed by atoms with Gasteiger partial charge in [-0.1, -0.05) is 0 Å². The van der Waals surface area contributed by atoms with E-state index in [1.807, 2.05) is 4.90 Å². The number of hydrogen-bond acceptors (Lipinski definition) is 8. The van der Waals surface area contributed by atoms with Gasteiger partial charge in [0.15, 0.2) is 6.29 Å². The third-order valence-electron chi connectivity index (χ3n) is 7.37. The van der Waals surface area contributed by atoms with Crippen LogP contribution in [0.4, 0.5) is 43.4 Å². The lowest BCUT2D eigenvalue weighted by atomic mass is 10.1. The molecule has 2 atom stereocenters. The standard InChI is InChI=1S/C29H26F6N4O5/c30-28(31,32)19-1-8-26-18(13-19)14-23(43-26)16-37-9-11-38(12-10-37)27(17-40)44-22-5-2-20(3-6-22)36-21-4-7-25(39(41)42)24(15-21)29(33,34)35/h1-8,13,15,17,23,27,36H,9-12,14,16H2. The third-order valence-corrected chi connectivity index (χ3v) is 7.37. The van der Waals surface area contributed by atoms with Crippen LogP contribution in [-0.2, 0) is 23.6 Å². The van der Waals surface area contributed by atoms with Crippen LogP contribution in [0.25, 0.3) is 0 Å². The van der Waals surface area contributed by atoms with E-state index < -0.39 is 40.3 Å². The molecule has 1 saturated heterocycles. The van der Waals surface area contributed by atoms with E-state index in [9.17, 15) is 41.3 Å². The lowest BCUT2D eigenvalue weighted by molar-refractivity contribution is -0.388. The molecule has 15 heteroatoms. The van der Waals surface area contributed by atoms with E-state index in [4.69, 9.17) is 9.47 Å². The number of nitrogens with zero attached hydrogens (tertiary/aromatic N) is 3. The Kier molecular flexibility index (Phi) is 8.70. The highest BCUT2D eigenvalue weighted by molar-refractivity contribution is 5.64. The molecule has 1 fully saturated rings. The molecule has 0 bridgehead atoms. The van der Waals surface area contributed by atoms with Crippen molar-refractivity contribution < 1.29 is 45.5 Å². The summed E-state index contributed by atoms with van der Waals surface area (Å²) in [5.41, 5.74) is -2.21. The Hall–Kier alpha value is -4.37. The Labute approximate surface area is 247 Å². The van der Waals surface area contributed by atoms with Gasteiger partial charge in [0, 0.05) is 56.6 Å². The molecule has 3 aromatic rings. The molecule has 0 spiro atoms. The molecule has 0 radical (unpaired) electrons. The molecule has 2 heterocycles. The summed E-state index contributed by atoms with van der Waals surface area (Å²) in [4.78, 5) is 25.7. The number of alkyl halides is 6. The first-order valence-electron chi connectivity index (χ1n) is 13.5. The van der Waals surface area contributed by atoms with E-state index in [2.05, 4.69) is 10.2 Å². The fourth-order valence-electron chi connectivity index (χ4n) is 5.20. The maximum Gasteiger partial charge on any atom is 0.423 e. The fraction of sp³-hybridized carbons (Fsp3) is 0.345. The Morgan fingerprint density at radius 2 is 1.64 bits per heavy atom. The Morgan fingerprint density at radius 3 is 2.25 bits per heavy atom. The molecule has 5 rings (SSSR count). The first-order valence-corrected chi connectivity index (χ1v) is 13.5. The summed E-state index contributed by atoms with van der Waals surface area (Å²) in [7, 11) is 0. The third kappa shape index (κ3) is 7.22. The number of anilines is 2. The van der Waals surface area contributed by atoms with Crippen molar-refractivity contribution in [1.82, 2.24) is 9.80 Å². The van der Waals surface area contributed by atoms with Crippen molar-refractivity contribution in [3.8, 4) is 11.5 Å². The number of piperazine rings is 1. The zero-order chi connectivity index (χ0) is 31.6. The predicted molar refractivity (Wildman–Crippen MR) is 146 cm³/mol. The number of benzene rings is 3. The summed E-state index contributed by atoms with van der Waals surface area (Å²) in [5, 5.41) is 13.7. The molecule has 2 aliphatic rings. The second-order valence-electron chi connectivity index (χ2n) is 10.4. The molecule has 234 valence electrons. The largest absolute Gasteiger partial charge is 0.488 e. The van der Waals surface area contributed by atoms with Crippen LogP contribution in [0.1, 0.15) is 16.7 Å². The summed E-state index contributed by atoms with van der Waals surface area (Å²) < 4.78 is 90.6. The lowest BCUT2D eigenvalue weighted by Gasteiger charge is -2.37. The zero-order valence-electron chi connectivity index (χ0n) is 22.9. The first-order chi connectivity index (χ1) is 20.8. The van der Waals surface area contributed by atoms with Crippen molar-refractivity contribution >= 4 is 23.3 Å². The summed E-state index contributed by atoms with van der Waals surface area (Å²) >= 11 is 0. The van der Waals surface area contributed by atoms with Crippen LogP contribution in [0.15, 0.2) is 60.7 Å². The predicted octanol–water partition coefficient (Wildman–Crippen LogP) is 5.90. The number of hydrogen-bond donors (Lipinski definition) is 1. The normalized spacial score (nSPS) is 18.3. The van der Waals surface area contributed by atoms with Gasteiger partial charge in [0.2, 0.25) is 6.23 Å². The summed E-state index contributed by atoms with van der Waals surface area (Å²) in [5.74, 6) is 0.793. The smallest absolute Gasteiger partial charge is 0.423 e. The number of carbonyl (C=O) groups is 1. The molecular formula is C29H26F6N4O5. The second-order valence-corrected chi connectivity index (χ2v) is 10.4. The van der Waals surface area contributed by atoms with Gasteiger partial charge in [-0.25, -0.2) is 0 Å². The van der Waals surface area contributed by atoms with Gasteiger partial charge in [-0.05, 0) is 60.2 Å². The number of aldehydes is 1. The quantitative estimate of drug-likeness (QED) is 0.136. The van der Waals surface area contributed by atoms with Gasteiger partial charge >= 0.3 is 12.4 Å². The van der Waals surface area contributed by atoms with Gasteiger partial charge in [0.25, 0.3) is 5.69 Å². The van der Waals surface area contributed by atoms with E-state index in [1.54, 1.807) is 0 Å². The van der Waals surface area contributed by atoms with Gasteiger partial charge in [-0.2, -0.15) is 26.3 Å². The molecule has 0 aromatic heterocycles. The number of nitrogens with one attached hydrogen (secondary N) is 1. The van der Waals surface area contributed by atoms with Gasteiger partial charge in [-0.15, -0.1) is 0 Å². The molecule has 0 aliphatic carbocycles. The SMILES string of the molecule is O=CC(Oc1ccc(Nc2ccc([N+](=O)[O-])c(C(F)(F)F)c2)cc1)N1CCN(CC2Cc3cc(C(F)(F)F)ccc3O2)CC1. The van der Waals surface area contributed by atoms with E-state index in [0.717, 1.165) is 18.2 Å². The van der Waals surface area contributed by atoms with E-state index >= 15 is 0 Å². The fourth-order valence-corrected chi connectivity index (χ4v) is 5.20. The minimum atomic E-state index is -4.91. The van der Waals surface area contributed by atoms with Crippen molar-refractivity contribution in [3.05, 3.63) is 87.5 Å². The van der Waals surface area contributed by atoms with Crippen LogP contribution in [-0.4, -0.2) is 66.1 Å². The van der Waals surface area contributed by atoms with Gasteiger partial charge < -0.3 is 14.8 Å². The van der Waals surface area contributed by atoms with Crippen LogP contribution in [0, 0.1) is 10.1 Å². The molecule has 9 nitrogen and oxygen atoms in total. The van der Waals surface area contributed by atoms with Gasteiger partial charge in [-0.3, -0.25) is 24.7 Å². The first kappa shape index (κ1) is 31.1. The van der Waals surface area contributed by atoms with Crippen LogP contribution < -0.4 is 14.8 Å². The van der Waals surface area contributed by atoms with Crippen LogP contribution >= 0.6 is 0 Å². The average Bonchev–Trinajstić information content (AvgIpc) is 3.38. The highest BCUT2D eigenvalue weighted by Gasteiger charge is 2.38. The maximum absolute atomic E-state index is 13.3. The molecule has 0 amide bonds. The summed E-state index contributed by atoms with van der Waals surface area (Å²) in [6.45, 7) is 2.65. The molecule has 1 N–H and O–H groups in total. The number of carbonyl (C=O) groups excluding carboxylic acids is 1. The average molecular weight is 625 g/mol. The summed E-state index contributed by atoms with van der Waals surface area (Å²) in [6.07, 6.45) is -9.47. The Balaban J connectivity index is 1.12. The monoisotopic (exact) mass is 624 g/mol. The zero-order valence-corrected chi connectivity index (χ0v) is 22.9. The molecule has 2 aliphatic heterocycles. The number of nitro benzene ring substituents is 1. The minimum Gasteiger partial charge on any atom is -0.488 e. The Bertz CT molecular complexity index is 1510. The van der Waals surface area contributed by atoms with Crippen molar-refractivity contribution in [2.75, 3.05) is 38.0 Å². The highest BCUT2D eigenvalue weighted by Crippen LogP contribution is 2.39. The number of rotatable bonds is 9. The second kappa shape index (κ2) is 12.3. The minimum absolute atomic E-state index is 0.00169. The highest BCUT2D eigenvalue weighted by atomic mass is 19.4. The molecule has 3 aromatic carbocycles. The molecule has 2 unspecified atom stereocenters. The van der Waals surface area contributed by atoms with E-state index in [-0.39, 0.29) is 11.8 Å². The van der Waals surface area contributed by atoms with Crippen molar-refractivity contribution in [1.29, 1.82) is 0 Å². The number of ether oxygens (including phenoxy) is 2. The summed E-state index contributed by atoms with van der Waals surface area (Å²) in [6, 6.07) is 12.2. The van der Waals surface area contributed by atoms with Gasteiger partial charge in [0.1, 0.15) is 23.2 Å². The number of halogens is 6. The topological polar surface area (TPSA) is 97.2 Å². The van der Waals surface area contributed by atoms with Crippen molar-refractivity contribution in [2.24, 2.45) is 0 Å². The van der Waals surface area contributed by atoms with E-state index in [1.165, 1.54) is 36.4 Å². The molecule has 0 saturated carbocycles. The molecular weight excluding hydrogens is 598 g/mol. The number of fused-ring (bicyclic) bond motifs is 1. The van der Waals surface area contributed by atoms with Gasteiger partial charge in [0.05, 0.1) is 10.5 Å². The van der Waals surface area contributed by atoms with Crippen molar-refractivity contribution in [3.63, 3.8) is 0 Å². The van der Waals surface area contributed by atoms with Crippen LogP contribution in [0.2, 0.25) is 0 Å². The Morgan fingerprint density at radius 1 is 0.955 bits per heavy atom. The van der Waals surface area contributed by atoms with E-state index in [0.29, 0.717) is 74.2 Å². The van der Waals surface area contributed by atoms with Crippen LogP contribution in [0.3, 0.4) is 0 Å². The van der Waals surface area contributed by atoms with Crippen molar-refractivity contribution in [2.45, 2.75) is 31.1 Å². The maximum atomic E-state index is 13.3. The molecule has 44 heavy (non-hydrogen) atoms.